The van der Waals surface area contributed by atoms with E-state index in [4.69, 9.17) is 23.2 Å². The van der Waals surface area contributed by atoms with Gasteiger partial charge in [-0.2, -0.15) is 47.0 Å². The fourth-order valence-corrected chi connectivity index (χ4v) is 7.24. The predicted octanol–water partition coefficient (Wildman–Crippen LogP) is 12.5. The summed E-state index contributed by atoms with van der Waals surface area (Å²) in [5.74, 6) is 0. The van der Waals surface area contributed by atoms with Gasteiger partial charge in [0, 0.05) is 0 Å². The Labute approximate surface area is 315 Å². The zero-order chi connectivity index (χ0) is 32.4. The third-order valence-corrected chi connectivity index (χ3v) is 10.6. The molecule has 0 unspecified atom stereocenters. The number of hydrogen-bond donors (Lipinski definition) is 0. The van der Waals surface area contributed by atoms with Crippen molar-refractivity contribution in [2.24, 2.45) is 0 Å². The van der Waals surface area contributed by atoms with Crippen LogP contribution < -0.4 is 0 Å². The Balaban J connectivity index is 0.000000246. The first-order valence-electron chi connectivity index (χ1n) is 15.2. The second kappa shape index (κ2) is 19.5. The molecule has 1 aliphatic rings. The van der Waals surface area contributed by atoms with Gasteiger partial charge in [-0.05, 0) is 12.0 Å². The average molecular weight is 780 g/mol. The molecule has 6 rings (SSSR count). The van der Waals surface area contributed by atoms with Gasteiger partial charge in [0.2, 0.25) is 0 Å². The summed E-state index contributed by atoms with van der Waals surface area (Å²) in [4.78, 5) is 0. The summed E-state index contributed by atoms with van der Waals surface area (Å²) in [5.41, 5.74) is 13.3. The Morgan fingerprint density at radius 3 is 1.77 bits per heavy atom. The molecule has 0 aliphatic heterocycles. The van der Waals surface area contributed by atoms with Gasteiger partial charge in [-0.1, -0.05) is 81.5 Å². The maximum atomic E-state index is 5.84. The second-order valence-corrected chi connectivity index (χ2v) is 15.1. The van der Waals surface area contributed by atoms with Crippen LogP contribution in [0.5, 0.6) is 0 Å². The zero-order valence-corrected chi connectivity index (χ0v) is 33.1. The Kier molecular flexibility index (Phi) is 16.9. The van der Waals surface area contributed by atoms with Crippen LogP contribution in [0.25, 0.3) is 23.3 Å². The van der Waals surface area contributed by atoms with Gasteiger partial charge >= 0.3 is 123 Å². The summed E-state index contributed by atoms with van der Waals surface area (Å²) >= 11 is 11.0. The molecule has 5 aromatic rings. The van der Waals surface area contributed by atoms with Crippen molar-refractivity contribution in [3.8, 4) is 11.1 Å². The number of fused-ring (bicyclic) bond motifs is 3. The fraction of sp³-hybridized carbons (Fsp3) is 0.167. The van der Waals surface area contributed by atoms with Crippen molar-refractivity contribution in [1.29, 1.82) is 0 Å². The maximum absolute atomic E-state index is 5.84. The van der Waals surface area contributed by atoms with E-state index in [9.17, 15) is 0 Å². The summed E-state index contributed by atoms with van der Waals surface area (Å²) < 4.78 is 4.66. The van der Waals surface area contributed by atoms with Crippen molar-refractivity contribution >= 4 is 67.6 Å². The molecule has 0 N–H and O–H groups in total. The van der Waals surface area contributed by atoms with E-state index in [-0.39, 0.29) is 24.8 Å². The van der Waals surface area contributed by atoms with E-state index in [1.807, 2.05) is 42.5 Å². The topological polar surface area (TPSA) is 0 Å². The molecule has 0 radical (unpaired) electrons. The van der Waals surface area contributed by atoms with E-state index >= 15 is 0 Å². The predicted molar refractivity (Wildman–Crippen MR) is 212 cm³/mol. The van der Waals surface area contributed by atoms with Crippen LogP contribution >= 0.6 is 48.0 Å². The Morgan fingerprint density at radius 2 is 1.30 bits per heavy atom. The van der Waals surface area contributed by atoms with Gasteiger partial charge < -0.3 is 0 Å². The molecule has 0 amide bonds. The van der Waals surface area contributed by atoms with Crippen LogP contribution in [-0.2, 0) is 40.5 Å². The molecule has 0 spiro atoms. The van der Waals surface area contributed by atoms with Crippen LogP contribution in [0.3, 0.4) is 0 Å². The minimum absolute atomic E-state index is 0. The van der Waals surface area contributed by atoms with Gasteiger partial charge in [0.15, 0.2) is 0 Å². The average Bonchev–Trinajstić information content (AvgIpc) is 3.68. The molecule has 0 heterocycles. The first-order chi connectivity index (χ1) is 21.6. The van der Waals surface area contributed by atoms with Gasteiger partial charge in [-0.3, -0.25) is 0 Å². The number of halogens is 4. The van der Waals surface area contributed by atoms with Crippen LogP contribution in [-0.4, -0.2) is 7.42 Å². The Bertz CT molecular complexity index is 1710. The van der Waals surface area contributed by atoms with Gasteiger partial charge in [-0.15, -0.1) is 48.6 Å². The number of rotatable bonds is 5. The molecular weight excluding hydrogens is 737 g/mol. The van der Waals surface area contributed by atoms with E-state index < -0.39 is 22.3 Å². The minimum atomic E-state index is -0.623. The Hall–Kier alpha value is -2.51. The van der Waals surface area contributed by atoms with Crippen LogP contribution in [0.1, 0.15) is 72.2 Å². The first-order valence-corrected chi connectivity index (χ1v) is 18.8. The summed E-state index contributed by atoms with van der Waals surface area (Å²) in [6, 6.07) is 36.7. The molecular formula is C42H42Cl4Zr-2. The van der Waals surface area contributed by atoms with E-state index in [2.05, 4.69) is 121 Å². The summed E-state index contributed by atoms with van der Waals surface area (Å²) in [6.07, 6.45) is 5.89. The van der Waals surface area contributed by atoms with Gasteiger partial charge in [0.1, 0.15) is 0 Å². The fourth-order valence-electron chi connectivity index (χ4n) is 4.90. The summed E-state index contributed by atoms with van der Waals surface area (Å²) in [6.45, 7) is 16.6. The summed E-state index contributed by atoms with van der Waals surface area (Å²) in [5, 5.41) is 1.57. The molecule has 244 valence electrons. The van der Waals surface area contributed by atoms with Crippen molar-refractivity contribution in [1.82, 2.24) is 0 Å². The quantitative estimate of drug-likeness (QED) is 0.153. The van der Waals surface area contributed by atoms with Crippen molar-refractivity contribution in [3.05, 3.63) is 171 Å². The van der Waals surface area contributed by atoms with Crippen molar-refractivity contribution < 1.29 is 22.3 Å². The number of hydrogen-bond acceptors (Lipinski definition) is 0. The second-order valence-electron chi connectivity index (χ2n) is 12.0. The van der Waals surface area contributed by atoms with Crippen LogP contribution in [0.15, 0.2) is 110 Å². The Morgan fingerprint density at radius 1 is 0.766 bits per heavy atom. The van der Waals surface area contributed by atoms with Crippen LogP contribution in [0, 0.1) is 6.07 Å². The van der Waals surface area contributed by atoms with Crippen molar-refractivity contribution in [2.75, 3.05) is 0 Å². The van der Waals surface area contributed by atoms with Crippen LogP contribution in [0.2, 0.25) is 10.0 Å². The molecule has 0 fully saturated rings. The van der Waals surface area contributed by atoms with Gasteiger partial charge in [-0.25, -0.2) is 6.07 Å². The van der Waals surface area contributed by atoms with E-state index in [0.717, 1.165) is 28.5 Å². The number of aryl methyl sites for hydroxylation is 1. The first kappa shape index (κ1) is 40.7. The molecule has 47 heavy (non-hydrogen) atoms. The number of benzene rings is 4. The van der Waals surface area contributed by atoms with Gasteiger partial charge in [0.25, 0.3) is 0 Å². The summed E-state index contributed by atoms with van der Waals surface area (Å²) in [7, 11) is 0. The molecule has 0 aromatic heterocycles. The molecule has 0 saturated carbocycles. The van der Waals surface area contributed by atoms with Crippen LogP contribution in [0.4, 0.5) is 0 Å². The standard InChI is InChI=1S/C17H13.C11H17.2C7H5Cl.2ClH.Zr/c1-3-12-5-7-14-11-15-8-6-13(4-2)10-17(15)16(14)9-12;1-5-9-6-7-10(8-9)11(2,3)4;2*1-6-2-4-7(8)5-3-6;;;/h3-7,9-10H,1-2,11H2;6-8H,5H2,1-4H3;2*1-5H;2*1H;/q2*-1;;;;;. The zero-order valence-electron chi connectivity index (χ0n) is 27.4. The van der Waals surface area contributed by atoms with E-state index in [1.54, 1.807) is 0 Å². The molecule has 1 aliphatic carbocycles. The van der Waals surface area contributed by atoms with Crippen molar-refractivity contribution in [2.45, 2.75) is 46.0 Å². The normalized spacial score (nSPS) is 10.5. The molecule has 0 nitrogen and oxygen atoms in total. The molecule has 0 atom stereocenters. The SMILES string of the molecule is C=Cc1c[c-]c2c(c1)-c1cc(C=C)ccc1C2.CCc1cc(C(C)(C)C)c[cH-]1.Cl.Cl.Clc1ccc([CH]=[Zr]=[CH]c2ccc(Cl)cc2)cc1. The van der Waals surface area contributed by atoms with Gasteiger partial charge in [0.05, 0.1) is 0 Å². The third kappa shape index (κ3) is 12.2. The van der Waals surface area contributed by atoms with E-state index in [0.29, 0.717) is 5.41 Å². The monoisotopic (exact) mass is 776 g/mol. The third-order valence-electron chi connectivity index (χ3n) is 7.64. The van der Waals surface area contributed by atoms with E-state index in [1.165, 1.54) is 50.1 Å². The molecule has 0 bridgehead atoms. The molecule has 5 heteroatoms. The molecule has 0 saturated heterocycles. The molecule has 5 aromatic carbocycles. The van der Waals surface area contributed by atoms with Crippen molar-refractivity contribution in [3.63, 3.8) is 0 Å².